The highest BCUT2D eigenvalue weighted by molar-refractivity contribution is 7.88. The average molecular weight is 1240 g/mol. The first-order chi connectivity index (χ1) is 39.7. The molecule has 8 heterocycles. The van der Waals surface area contributed by atoms with Crippen LogP contribution in [0.3, 0.4) is 0 Å². The molecule has 6 N–H and O–H groups in total. The van der Waals surface area contributed by atoms with Gasteiger partial charge in [0, 0.05) is 131 Å². The molecule has 1 saturated carbocycles. The van der Waals surface area contributed by atoms with E-state index in [1.807, 2.05) is 74.0 Å². The summed E-state index contributed by atoms with van der Waals surface area (Å²) in [6.45, 7) is 9.03. The number of sulfonamides is 1. The van der Waals surface area contributed by atoms with Gasteiger partial charge in [-0.3, -0.25) is 39.2 Å². The van der Waals surface area contributed by atoms with Gasteiger partial charge in [-0.25, -0.2) is 8.42 Å². The quantitative estimate of drug-likeness (QED) is 0.0791. The minimum atomic E-state index is -3.14. The number of aliphatic hydroxyl groups is 1. The van der Waals surface area contributed by atoms with Crippen LogP contribution in [0.25, 0.3) is 43.6 Å². The number of benzene rings is 4. The molecule has 1 unspecified atom stereocenters. The van der Waals surface area contributed by atoms with Crippen LogP contribution < -0.4 is 15.1 Å². The van der Waals surface area contributed by atoms with Gasteiger partial charge in [0.25, 0.3) is 5.91 Å². The molecule has 442 valence electrons. The number of anilines is 2. The summed E-state index contributed by atoms with van der Waals surface area (Å²) in [5, 5.41) is 48.0. The van der Waals surface area contributed by atoms with Gasteiger partial charge in [0.2, 0.25) is 21.8 Å². The number of nitrogens with one attached hydrogen (secondary N) is 5. The van der Waals surface area contributed by atoms with E-state index in [0.717, 1.165) is 100 Å². The number of carbonyl (C=O) groups is 3. The topological polar surface area (TPSA) is 249 Å². The molecular formula is C57H67Cl4FN14O6S. The number of hydrogen-bond donors (Lipinski definition) is 6. The average Bonchev–Trinajstić information content (AvgIpc) is 4.32. The number of fused-ring (bicyclic) bond motifs is 4. The van der Waals surface area contributed by atoms with Crippen molar-refractivity contribution < 1.29 is 32.3 Å². The van der Waals surface area contributed by atoms with E-state index >= 15 is 0 Å². The number of rotatable bonds is 9. The Balaban J connectivity index is 0.000000124. The molecule has 0 radical (unpaired) electrons. The summed E-state index contributed by atoms with van der Waals surface area (Å²) in [7, 11) is -3.14. The highest BCUT2D eigenvalue weighted by Crippen LogP contribution is 2.41. The monoisotopic (exact) mass is 1230 g/mol. The zero-order valence-corrected chi connectivity index (χ0v) is 50.1. The summed E-state index contributed by atoms with van der Waals surface area (Å²) in [5.74, 6) is 0.572. The van der Waals surface area contributed by atoms with Gasteiger partial charge in [0.15, 0.2) is 0 Å². The fraction of sp³-hybridized carbons (Fsp3) is 0.456. The number of halogens is 5. The second-order valence-electron chi connectivity index (χ2n) is 22.2. The zero-order chi connectivity index (χ0) is 58.7. The Labute approximate surface area is 499 Å². The van der Waals surface area contributed by atoms with E-state index in [0.29, 0.717) is 90.6 Å². The maximum Gasteiger partial charge on any atom is 0.254 e. The maximum atomic E-state index is 12.3. The molecule has 83 heavy (non-hydrogen) atoms. The van der Waals surface area contributed by atoms with E-state index < -0.39 is 22.3 Å². The number of nitrogens with zero attached hydrogens (tertiary/aromatic N) is 9. The molecule has 4 saturated heterocycles. The molecule has 1 aliphatic carbocycles. The van der Waals surface area contributed by atoms with Crippen molar-refractivity contribution in [1.29, 1.82) is 0 Å². The fourth-order valence-electron chi connectivity index (χ4n) is 11.9. The second-order valence-corrected chi connectivity index (χ2v) is 25.9. The molecule has 4 aromatic carbocycles. The molecule has 5 aliphatic rings. The zero-order valence-electron chi connectivity index (χ0n) is 46.3. The normalized spacial score (nSPS) is 19.5. The predicted molar refractivity (Wildman–Crippen MR) is 324 cm³/mol. The highest BCUT2D eigenvalue weighted by Gasteiger charge is 2.50. The van der Waals surface area contributed by atoms with Crippen molar-refractivity contribution in [2.45, 2.75) is 94.7 Å². The first-order valence-corrected chi connectivity index (χ1v) is 31.2. The van der Waals surface area contributed by atoms with Crippen molar-refractivity contribution in [2.24, 2.45) is 0 Å². The Kier molecular flexibility index (Phi) is 18.4. The summed E-state index contributed by atoms with van der Waals surface area (Å²) in [5.41, 5.74) is 7.11. The third kappa shape index (κ3) is 14.0. The molecule has 5 fully saturated rings. The number of piperidine rings is 2. The van der Waals surface area contributed by atoms with Crippen molar-refractivity contribution in [3.8, 4) is 0 Å². The molecule has 20 nitrogen and oxygen atoms in total. The minimum absolute atomic E-state index is 0.00614. The molecular weight excluding hydrogens is 1170 g/mol. The first-order valence-electron chi connectivity index (χ1n) is 27.8. The van der Waals surface area contributed by atoms with Crippen LogP contribution in [0.2, 0.25) is 20.1 Å². The number of hydrogen-bond acceptors (Lipinski definition) is 12. The van der Waals surface area contributed by atoms with E-state index in [9.17, 15) is 32.3 Å². The lowest BCUT2D eigenvalue weighted by Crippen LogP contribution is -2.53. The Hall–Kier alpha value is -6.27. The van der Waals surface area contributed by atoms with Crippen LogP contribution >= 0.6 is 46.4 Å². The van der Waals surface area contributed by atoms with Crippen LogP contribution in [0.1, 0.15) is 88.2 Å². The summed E-state index contributed by atoms with van der Waals surface area (Å²) in [6.07, 6.45) is 14.2. The lowest BCUT2D eigenvalue weighted by atomic mass is 9.87. The number of H-pyrrole nitrogens is 4. The van der Waals surface area contributed by atoms with Gasteiger partial charge in [0.1, 0.15) is 5.60 Å². The summed E-state index contributed by atoms with van der Waals surface area (Å²) < 4.78 is 37.1. The van der Waals surface area contributed by atoms with E-state index in [1.54, 1.807) is 22.9 Å². The third-order valence-electron chi connectivity index (χ3n) is 16.4. The van der Waals surface area contributed by atoms with Gasteiger partial charge in [-0.1, -0.05) is 46.4 Å². The predicted octanol–water partition coefficient (Wildman–Crippen LogP) is 9.35. The molecule has 8 aromatic rings. The Bertz CT molecular complexity index is 3740. The molecule has 0 spiro atoms. The van der Waals surface area contributed by atoms with Gasteiger partial charge >= 0.3 is 0 Å². The molecule has 26 heteroatoms. The van der Waals surface area contributed by atoms with Crippen molar-refractivity contribution in [1.82, 2.24) is 60.2 Å². The van der Waals surface area contributed by atoms with E-state index in [1.165, 1.54) is 21.7 Å². The first kappa shape index (κ1) is 59.9. The molecule has 3 amide bonds. The van der Waals surface area contributed by atoms with E-state index in [-0.39, 0.29) is 36.2 Å². The third-order valence-corrected chi connectivity index (χ3v) is 18.5. The lowest BCUT2D eigenvalue weighted by molar-refractivity contribution is -0.143. The van der Waals surface area contributed by atoms with Gasteiger partial charge < -0.3 is 30.0 Å². The maximum absolute atomic E-state index is 12.3. The van der Waals surface area contributed by atoms with Gasteiger partial charge in [0.05, 0.1) is 66.2 Å². The van der Waals surface area contributed by atoms with Crippen LogP contribution in [0, 0.1) is 0 Å². The van der Waals surface area contributed by atoms with Crippen LogP contribution in [-0.2, 0) is 24.4 Å². The van der Waals surface area contributed by atoms with Crippen LogP contribution in [0.15, 0.2) is 73.3 Å². The van der Waals surface area contributed by atoms with Gasteiger partial charge in [-0.2, -0.15) is 24.7 Å². The van der Waals surface area contributed by atoms with Crippen molar-refractivity contribution in [3.63, 3.8) is 0 Å². The SMILES string of the molecule is CC(=O)NC1CCN(c2cc(Cl)cc3[nH]ncc23)C1.C[C@@H]1CN(S(C)(=O)=O)CCN1c1cc(Cl)cc2[nH]ncc12.O=C(CCF)N1CCC(c2cc(Cl)cc3[nH]ncc23)CC1.O=C(N1CCC(c2cc(Cl)cc3[nH]ncc23)CC1)C1(O)CC1. The van der Waals surface area contributed by atoms with Crippen molar-refractivity contribution in [3.05, 3.63) is 105 Å². The smallest absolute Gasteiger partial charge is 0.254 e. The van der Waals surface area contributed by atoms with E-state index in [4.69, 9.17) is 46.4 Å². The molecule has 4 aromatic heterocycles. The lowest BCUT2D eigenvalue weighted by Gasteiger charge is -2.40. The molecule has 4 aliphatic heterocycles. The highest BCUT2D eigenvalue weighted by atomic mass is 35.5. The van der Waals surface area contributed by atoms with Crippen LogP contribution in [0.4, 0.5) is 15.8 Å². The molecule has 13 rings (SSSR count). The number of carbonyl (C=O) groups excluding carboxylic acids is 3. The number of alkyl halides is 1. The number of likely N-dealkylation sites (tertiary alicyclic amines) is 2. The number of amides is 3. The molecule has 0 bridgehead atoms. The van der Waals surface area contributed by atoms with E-state index in [2.05, 4.69) is 55.9 Å². The summed E-state index contributed by atoms with van der Waals surface area (Å²) >= 11 is 24.7. The van der Waals surface area contributed by atoms with Gasteiger partial charge in [-0.05, 0) is 123 Å². The number of aromatic amines is 4. The van der Waals surface area contributed by atoms with Crippen molar-refractivity contribution in [2.75, 3.05) is 81.6 Å². The number of piperazine rings is 1. The Morgan fingerprint density at radius 1 is 0.639 bits per heavy atom. The minimum Gasteiger partial charge on any atom is -0.380 e. The molecule has 2 atom stereocenters. The van der Waals surface area contributed by atoms with Gasteiger partial charge in [-0.15, -0.1) is 0 Å². The number of aromatic nitrogens is 8. The van der Waals surface area contributed by atoms with Crippen molar-refractivity contribution >= 4 is 129 Å². The summed E-state index contributed by atoms with van der Waals surface area (Å²) in [4.78, 5) is 43.0. The summed E-state index contributed by atoms with van der Waals surface area (Å²) in [6, 6.07) is 15.6. The Morgan fingerprint density at radius 3 is 1.57 bits per heavy atom. The largest absolute Gasteiger partial charge is 0.380 e. The van der Waals surface area contributed by atoms with Crippen LogP contribution in [-0.4, -0.2) is 176 Å². The Morgan fingerprint density at radius 2 is 1.10 bits per heavy atom. The second kappa shape index (κ2) is 25.5. The van der Waals surface area contributed by atoms with Crippen LogP contribution in [0.5, 0.6) is 0 Å². The standard InChI is InChI=1S/C16H18ClN3O2.C15H17ClFN3O.C13H17ClN4O2S.C13H15ClN4O/c17-11-7-12(13-9-18-19-14(13)8-11)10-1-5-20(6-2-10)15(21)16(22)3-4-16;16-11-7-12(13-9-18-19-14(13)8-11)10-2-5-20(6-3-10)15(21)1-4-17;1-9-8-17(21(2,19)20)3-4-18(9)13-6-10(14)5-12-11(13)7-15-16-12;1-8(19)16-10-2-3-18(7-10)13-5-9(14)4-12-11(13)6-15-17-12/h7-10,22H,1-6H2,(H,18,19);7-10H,1-6H2,(H,18,19);5-7,9H,3-4,8H2,1-2H3,(H,15,16);4-6,10H,2-3,7H2,1H3,(H,15,17)(H,16,19)/t;;9-;/m..1./s1. The fourth-order valence-corrected chi connectivity index (χ4v) is 13.7.